The molecule has 5 rings (SSSR count). The number of carbonyl (C=O) groups is 2. The molecule has 178 valence electrons. The maximum absolute atomic E-state index is 13.6. The van der Waals surface area contributed by atoms with Crippen LogP contribution < -0.4 is 5.43 Å². The maximum atomic E-state index is 13.6. The maximum Gasteiger partial charge on any atom is 0.280 e. The Kier molecular flexibility index (Phi) is 7.02. The van der Waals surface area contributed by atoms with Gasteiger partial charge in [0, 0.05) is 10.0 Å². The largest absolute Gasteiger partial charge is 0.280 e. The zero-order valence-electron chi connectivity index (χ0n) is 18.9. The Bertz CT molecular complexity index is 1440. The molecule has 0 spiro atoms. The molecule has 1 heterocycles. The van der Waals surface area contributed by atoms with Gasteiger partial charge in [-0.3, -0.25) is 15.0 Å². The zero-order chi connectivity index (χ0) is 25.1. The van der Waals surface area contributed by atoms with Crippen molar-refractivity contribution < 1.29 is 14.0 Å². The summed E-state index contributed by atoms with van der Waals surface area (Å²) in [4.78, 5) is 27.0. The van der Waals surface area contributed by atoms with Crippen LogP contribution in [0.2, 0.25) is 0 Å². The van der Waals surface area contributed by atoms with Gasteiger partial charge in [-0.2, -0.15) is 0 Å². The Hall–Kier alpha value is -3.68. The van der Waals surface area contributed by atoms with Gasteiger partial charge >= 0.3 is 0 Å². The molecule has 36 heavy (non-hydrogen) atoms. The van der Waals surface area contributed by atoms with Crippen molar-refractivity contribution in [2.75, 3.05) is 0 Å². The van der Waals surface area contributed by atoms with Crippen molar-refractivity contribution in [1.29, 1.82) is 0 Å². The number of carbonyl (C=O) groups excluding carboxylic acids is 2. The predicted octanol–water partition coefficient (Wildman–Crippen LogP) is 7.22. The van der Waals surface area contributed by atoms with Crippen LogP contribution in [-0.2, 0) is 4.79 Å². The van der Waals surface area contributed by atoms with Crippen LogP contribution in [0.5, 0.6) is 0 Å². The first-order valence-corrected chi connectivity index (χ1v) is 12.8. The number of thioether (sulfide) groups is 1. The summed E-state index contributed by atoms with van der Waals surface area (Å²) in [5, 5.41) is 0.777. The average Bonchev–Trinajstić information content (AvgIpc) is 3.19. The molecule has 1 aliphatic heterocycles. The Morgan fingerprint density at radius 3 is 2.28 bits per heavy atom. The third-order valence-corrected chi connectivity index (χ3v) is 7.43. The van der Waals surface area contributed by atoms with Crippen LogP contribution >= 0.6 is 27.7 Å². The first-order valence-electron chi connectivity index (χ1n) is 11.2. The van der Waals surface area contributed by atoms with E-state index in [1.807, 2.05) is 66.7 Å². The summed E-state index contributed by atoms with van der Waals surface area (Å²) in [6.45, 7) is 0. The van der Waals surface area contributed by atoms with E-state index in [0.29, 0.717) is 16.0 Å². The molecule has 0 bridgehead atoms. The first kappa shape index (κ1) is 24.0. The van der Waals surface area contributed by atoms with Crippen molar-refractivity contribution in [2.45, 2.75) is 5.37 Å². The van der Waals surface area contributed by atoms with E-state index in [0.717, 1.165) is 21.2 Å². The highest BCUT2D eigenvalue weighted by atomic mass is 79.9. The number of hydrogen-bond acceptors (Lipinski definition) is 3. The van der Waals surface area contributed by atoms with Gasteiger partial charge in [0.15, 0.2) is 0 Å². The fraction of sp³-hybridized carbons (Fsp3) is 0.0345. The molecule has 4 nitrogen and oxygen atoms in total. The molecule has 1 atom stereocenters. The molecule has 2 amide bonds. The smallest absolute Gasteiger partial charge is 0.267 e. The number of hydrazine groups is 1. The van der Waals surface area contributed by atoms with Crippen molar-refractivity contribution >= 4 is 45.6 Å². The molecule has 4 aromatic carbocycles. The van der Waals surface area contributed by atoms with Gasteiger partial charge in [-0.1, -0.05) is 94.4 Å². The first-order chi connectivity index (χ1) is 17.5. The highest BCUT2D eigenvalue weighted by Gasteiger charge is 2.38. The van der Waals surface area contributed by atoms with Crippen molar-refractivity contribution in [1.82, 2.24) is 10.4 Å². The quantitative estimate of drug-likeness (QED) is 0.263. The van der Waals surface area contributed by atoms with Crippen molar-refractivity contribution in [3.05, 3.63) is 135 Å². The fourth-order valence-corrected chi connectivity index (χ4v) is 5.47. The fourth-order valence-electron chi connectivity index (χ4n) is 3.86. The van der Waals surface area contributed by atoms with Gasteiger partial charge in [0.2, 0.25) is 0 Å². The van der Waals surface area contributed by atoms with Gasteiger partial charge in [-0.15, -0.1) is 0 Å². The second-order valence-corrected chi connectivity index (χ2v) is 10.2. The van der Waals surface area contributed by atoms with E-state index in [2.05, 4.69) is 21.4 Å². The van der Waals surface area contributed by atoms with Gasteiger partial charge < -0.3 is 0 Å². The monoisotopic (exact) mass is 558 g/mol. The summed E-state index contributed by atoms with van der Waals surface area (Å²) in [6.07, 6.45) is 1.79. The third-order valence-electron chi connectivity index (χ3n) is 5.68. The molecular weight excluding hydrogens is 539 g/mol. The lowest BCUT2D eigenvalue weighted by Crippen LogP contribution is -2.44. The molecule has 4 aromatic rings. The number of nitrogens with zero attached hydrogens (tertiary/aromatic N) is 1. The Balaban J connectivity index is 1.42. The second-order valence-electron chi connectivity index (χ2n) is 8.14. The topological polar surface area (TPSA) is 49.4 Å². The number of hydrogen-bond donors (Lipinski definition) is 1. The number of nitrogens with one attached hydrogen (secondary N) is 1. The summed E-state index contributed by atoms with van der Waals surface area (Å²) in [7, 11) is 0. The molecule has 7 heteroatoms. The summed E-state index contributed by atoms with van der Waals surface area (Å²) < 4.78 is 14.5. The van der Waals surface area contributed by atoms with Crippen LogP contribution in [-0.4, -0.2) is 16.8 Å². The van der Waals surface area contributed by atoms with E-state index in [9.17, 15) is 14.0 Å². The average molecular weight is 559 g/mol. The number of rotatable bonds is 5. The van der Waals surface area contributed by atoms with Crippen molar-refractivity contribution in [3.8, 4) is 11.1 Å². The summed E-state index contributed by atoms with van der Waals surface area (Å²) in [5.41, 5.74) is 6.79. The molecule has 0 saturated carbocycles. The van der Waals surface area contributed by atoms with E-state index < -0.39 is 11.3 Å². The highest BCUT2D eigenvalue weighted by molar-refractivity contribution is 9.10. The van der Waals surface area contributed by atoms with Crippen molar-refractivity contribution in [3.63, 3.8) is 0 Å². The van der Waals surface area contributed by atoms with Crippen LogP contribution in [0, 0.1) is 5.82 Å². The SMILES string of the molecule is O=C(NN1C(=O)/C(=C/c2cccc(Br)c2)SC1c1ccc(F)cc1)c1ccc(-c2ccccc2)cc1. The van der Waals surface area contributed by atoms with Gasteiger partial charge in [0.05, 0.1) is 4.91 Å². The van der Waals surface area contributed by atoms with Crippen LogP contribution in [0.25, 0.3) is 17.2 Å². The molecular formula is C29H20BrFN2O2S. The van der Waals surface area contributed by atoms with Gasteiger partial charge in [-0.25, -0.2) is 9.40 Å². The van der Waals surface area contributed by atoms with Crippen molar-refractivity contribution in [2.24, 2.45) is 0 Å². The van der Waals surface area contributed by atoms with E-state index in [1.165, 1.54) is 28.9 Å². The minimum absolute atomic E-state index is 0.330. The van der Waals surface area contributed by atoms with Crippen LogP contribution in [0.1, 0.15) is 26.9 Å². The lowest BCUT2D eigenvalue weighted by Gasteiger charge is -2.24. The van der Waals surface area contributed by atoms with E-state index >= 15 is 0 Å². The summed E-state index contributed by atoms with van der Waals surface area (Å²) >= 11 is 4.76. The highest BCUT2D eigenvalue weighted by Crippen LogP contribution is 2.45. The molecule has 0 aromatic heterocycles. The molecule has 0 aliphatic carbocycles. The summed E-state index contributed by atoms with van der Waals surface area (Å²) in [5.74, 6) is -1.10. The second kappa shape index (κ2) is 10.5. The number of amides is 2. The lowest BCUT2D eigenvalue weighted by atomic mass is 10.0. The van der Waals surface area contributed by atoms with Crippen LogP contribution in [0.15, 0.2) is 113 Å². The van der Waals surface area contributed by atoms with E-state index in [1.54, 1.807) is 30.3 Å². The molecule has 0 radical (unpaired) electrons. The minimum atomic E-state index is -0.538. The molecule has 1 aliphatic rings. The van der Waals surface area contributed by atoms with E-state index in [-0.39, 0.29) is 11.7 Å². The van der Waals surface area contributed by atoms with Gasteiger partial charge in [0.1, 0.15) is 11.2 Å². The zero-order valence-corrected chi connectivity index (χ0v) is 21.3. The summed E-state index contributed by atoms with van der Waals surface area (Å²) in [6, 6.07) is 30.6. The Morgan fingerprint density at radius 2 is 1.58 bits per heavy atom. The van der Waals surface area contributed by atoms with Crippen LogP contribution in [0.4, 0.5) is 4.39 Å². The normalized spacial score (nSPS) is 16.4. The molecule has 1 saturated heterocycles. The Labute approximate surface area is 220 Å². The van der Waals surface area contributed by atoms with E-state index in [4.69, 9.17) is 0 Å². The number of benzene rings is 4. The predicted molar refractivity (Wildman–Crippen MR) is 145 cm³/mol. The standard InChI is InChI=1S/C29H20BrFN2O2S/c30-24-8-4-5-19(17-24)18-26-28(35)33(29(36-26)23-13-15-25(31)16-14-23)32-27(34)22-11-9-21(10-12-22)20-6-2-1-3-7-20/h1-18,29H,(H,32,34)/b26-18-. The third kappa shape index (κ3) is 5.27. The number of halogens is 2. The minimum Gasteiger partial charge on any atom is -0.267 e. The molecule has 1 fully saturated rings. The molecule has 1 N–H and O–H groups in total. The van der Waals surface area contributed by atoms with Gasteiger partial charge in [0.25, 0.3) is 11.8 Å². The van der Waals surface area contributed by atoms with Gasteiger partial charge in [-0.05, 0) is 64.7 Å². The van der Waals surface area contributed by atoms with Crippen LogP contribution in [0.3, 0.4) is 0 Å². The Morgan fingerprint density at radius 1 is 0.889 bits per heavy atom. The molecule has 1 unspecified atom stereocenters. The lowest BCUT2D eigenvalue weighted by molar-refractivity contribution is -0.128.